The maximum Gasteiger partial charge on any atom is 0.220 e. The van der Waals surface area contributed by atoms with Crippen molar-refractivity contribution < 1.29 is 4.79 Å². The maximum absolute atomic E-state index is 10.4. The summed E-state index contributed by atoms with van der Waals surface area (Å²) >= 11 is 0. The second-order valence-corrected chi connectivity index (χ2v) is 2.04. The first-order chi connectivity index (χ1) is 5.29. The van der Waals surface area contributed by atoms with E-state index in [0.29, 0.717) is 0 Å². The Morgan fingerprint density at radius 1 is 1.82 bits per heavy atom. The molecule has 58 valence electrons. The van der Waals surface area contributed by atoms with Gasteiger partial charge in [-0.05, 0) is 6.08 Å². The monoisotopic (exact) mass is 151 g/mol. The predicted octanol–water partition coefficient (Wildman–Crippen LogP) is 0.517. The van der Waals surface area contributed by atoms with Crippen molar-refractivity contribution in [1.82, 2.24) is 15.3 Å². The Kier molecular flexibility index (Phi) is 2.43. The molecule has 1 amide bonds. The molecule has 0 fully saturated rings. The molecule has 2 N–H and O–H groups in total. The Bertz CT molecular complexity index is 251. The van der Waals surface area contributed by atoms with Gasteiger partial charge in [-0.1, -0.05) is 0 Å². The minimum atomic E-state index is -0.0826. The number of carbonyl (C=O) groups is 1. The van der Waals surface area contributed by atoms with Crippen LogP contribution in [0.15, 0.2) is 18.7 Å². The van der Waals surface area contributed by atoms with Crippen molar-refractivity contribution in [2.24, 2.45) is 0 Å². The van der Waals surface area contributed by atoms with Gasteiger partial charge < -0.3 is 10.3 Å². The number of nitrogens with one attached hydrogen (secondary N) is 2. The average molecular weight is 151 g/mol. The van der Waals surface area contributed by atoms with Crippen molar-refractivity contribution in [3.8, 4) is 0 Å². The second kappa shape index (κ2) is 3.55. The molecule has 1 aromatic heterocycles. The third-order valence-electron chi connectivity index (χ3n) is 1.07. The molecule has 0 saturated carbocycles. The second-order valence-electron chi connectivity index (χ2n) is 2.04. The van der Waals surface area contributed by atoms with Gasteiger partial charge >= 0.3 is 0 Å². The summed E-state index contributed by atoms with van der Waals surface area (Å²) in [5, 5.41) is 2.52. The van der Waals surface area contributed by atoms with Crippen LogP contribution in [0.5, 0.6) is 0 Å². The van der Waals surface area contributed by atoms with E-state index in [2.05, 4.69) is 15.3 Å². The summed E-state index contributed by atoms with van der Waals surface area (Å²) in [5.41, 5.74) is 0.860. The van der Waals surface area contributed by atoms with E-state index in [0.717, 1.165) is 5.69 Å². The SMILES string of the molecule is CC(=O)N/C=C/c1cnc[nH]1. The zero-order valence-electron chi connectivity index (χ0n) is 6.16. The van der Waals surface area contributed by atoms with Crippen LogP contribution in [0.1, 0.15) is 12.6 Å². The van der Waals surface area contributed by atoms with Gasteiger partial charge in [0.1, 0.15) is 0 Å². The van der Waals surface area contributed by atoms with E-state index in [-0.39, 0.29) is 5.91 Å². The average Bonchev–Trinajstić information content (AvgIpc) is 2.39. The van der Waals surface area contributed by atoms with Crippen LogP contribution in [0.2, 0.25) is 0 Å². The molecule has 0 aliphatic heterocycles. The molecule has 1 rings (SSSR count). The van der Waals surface area contributed by atoms with Gasteiger partial charge in [-0.15, -0.1) is 0 Å². The number of aromatic nitrogens is 2. The summed E-state index contributed by atoms with van der Waals surface area (Å²) < 4.78 is 0. The van der Waals surface area contributed by atoms with E-state index in [1.54, 1.807) is 24.8 Å². The molecule has 0 aromatic carbocycles. The maximum atomic E-state index is 10.4. The molecule has 0 aliphatic carbocycles. The van der Waals surface area contributed by atoms with Crippen LogP contribution < -0.4 is 5.32 Å². The molecular weight excluding hydrogens is 142 g/mol. The quantitative estimate of drug-likeness (QED) is 0.647. The van der Waals surface area contributed by atoms with Crippen molar-refractivity contribution in [2.45, 2.75) is 6.92 Å². The van der Waals surface area contributed by atoms with Crippen LogP contribution in [0.3, 0.4) is 0 Å². The molecule has 0 saturated heterocycles. The van der Waals surface area contributed by atoms with Gasteiger partial charge in [-0.2, -0.15) is 0 Å². The Morgan fingerprint density at radius 3 is 3.18 bits per heavy atom. The minimum absolute atomic E-state index is 0.0826. The molecule has 11 heavy (non-hydrogen) atoms. The number of carbonyl (C=O) groups excluding carboxylic acids is 1. The lowest BCUT2D eigenvalue weighted by molar-refractivity contribution is -0.118. The molecule has 0 atom stereocenters. The third-order valence-corrected chi connectivity index (χ3v) is 1.07. The highest BCUT2D eigenvalue weighted by Crippen LogP contribution is 1.91. The molecule has 0 unspecified atom stereocenters. The lowest BCUT2D eigenvalue weighted by Gasteiger charge is -1.88. The summed E-state index contributed by atoms with van der Waals surface area (Å²) in [6.45, 7) is 1.46. The lowest BCUT2D eigenvalue weighted by Crippen LogP contribution is -2.10. The van der Waals surface area contributed by atoms with Gasteiger partial charge in [0.25, 0.3) is 0 Å². The number of hydrogen-bond acceptors (Lipinski definition) is 2. The number of imidazole rings is 1. The third kappa shape index (κ3) is 2.66. The number of nitrogens with zero attached hydrogens (tertiary/aromatic N) is 1. The van der Waals surface area contributed by atoms with Crippen LogP contribution in [-0.4, -0.2) is 15.9 Å². The minimum Gasteiger partial charge on any atom is -0.345 e. The lowest BCUT2D eigenvalue weighted by atomic mass is 10.4. The van der Waals surface area contributed by atoms with Gasteiger partial charge in [0, 0.05) is 13.1 Å². The number of aromatic amines is 1. The first-order valence-electron chi connectivity index (χ1n) is 3.21. The summed E-state index contributed by atoms with van der Waals surface area (Å²) in [7, 11) is 0. The molecule has 1 aromatic rings. The predicted molar refractivity (Wildman–Crippen MR) is 41.4 cm³/mol. The van der Waals surface area contributed by atoms with E-state index >= 15 is 0 Å². The topological polar surface area (TPSA) is 57.8 Å². The molecule has 0 bridgehead atoms. The van der Waals surface area contributed by atoms with Crippen LogP contribution in [-0.2, 0) is 4.79 Å². The van der Waals surface area contributed by atoms with Crippen LogP contribution in [0, 0.1) is 0 Å². The number of hydrogen-bond donors (Lipinski definition) is 2. The molecule has 1 heterocycles. The summed E-state index contributed by atoms with van der Waals surface area (Å²) in [5.74, 6) is -0.0826. The fraction of sp³-hybridized carbons (Fsp3) is 0.143. The fourth-order valence-corrected chi connectivity index (χ4v) is 0.607. The van der Waals surface area contributed by atoms with E-state index in [1.807, 2.05) is 0 Å². The van der Waals surface area contributed by atoms with Gasteiger partial charge in [0.05, 0.1) is 18.2 Å². The number of H-pyrrole nitrogens is 1. The molecule has 4 nitrogen and oxygen atoms in total. The van der Waals surface area contributed by atoms with Crippen molar-refractivity contribution in [3.63, 3.8) is 0 Å². The Morgan fingerprint density at radius 2 is 2.64 bits per heavy atom. The van der Waals surface area contributed by atoms with Crippen LogP contribution in [0.25, 0.3) is 6.08 Å². The van der Waals surface area contributed by atoms with Crippen molar-refractivity contribution >= 4 is 12.0 Å². The highest BCUT2D eigenvalue weighted by atomic mass is 16.1. The van der Waals surface area contributed by atoms with E-state index in [9.17, 15) is 4.79 Å². The smallest absolute Gasteiger partial charge is 0.220 e. The zero-order valence-corrected chi connectivity index (χ0v) is 6.16. The molecule has 0 radical (unpaired) electrons. The molecule has 4 heteroatoms. The largest absolute Gasteiger partial charge is 0.345 e. The number of rotatable bonds is 2. The fourth-order valence-electron chi connectivity index (χ4n) is 0.607. The van der Waals surface area contributed by atoms with E-state index < -0.39 is 0 Å². The first-order valence-corrected chi connectivity index (χ1v) is 3.21. The standard InChI is InChI=1S/C7H9N3O/c1-6(11)9-3-2-7-4-8-5-10-7/h2-5H,1H3,(H,8,10)(H,9,11)/b3-2+. The van der Waals surface area contributed by atoms with Crippen molar-refractivity contribution in [3.05, 3.63) is 24.4 Å². The van der Waals surface area contributed by atoms with Crippen molar-refractivity contribution in [1.29, 1.82) is 0 Å². The summed E-state index contributed by atoms with van der Waals surface area (Å²) in [6.07, 6.45) is 6.54. The normalized spacial score (nSPS) is 10.3. The Labute approximate surface area is 64.3 Å². The van der Waals surface area contributed by atoms with E-state index in [1.165, 1.54) is 6.92 Å². The van der Waals surface area contributed by atoms with Gasteiger partial charge in [-0.25, -0.2) is 4.98 Å². The molecular formula is C7H9N3O. The number of amides is 1. The molecule has 0 aliphatic rings. The highest BCUT2D eigenvalue weighted by molar-refractivity contribution is 5.74. The zero-order chi connectivity index (χ0) is 8.10. The van der Waals surface area contributed by atoms with Gasteiger partial charge in [-0.3, -0.25) is 4.79 Å². The van der Waals surface area contributed by atoms with Gasteiger partial charge in [0.15, 0.2) is 0 Å². The molecule has 0 spiro atoms. The summed E-state index contributed by atoms with van der Waals surface area (Å²) in [4.78, 5) is 17.0. The Hall–Kier alpha value is -1.58. The summed E-state index contributed by atoms with van der Waals surface area (Å²) in [6, 6.07) is 0. The van der Waals surface area contributed by atoms with Crippen LogP contribution >= 0.6 is 0 Å². The van der Waals surface area contributed by atoms with Crippen molar-refractivity contribution in [2.75, 3.05) is 0 Å². The first kappa shape index (κ1) is 7.53. The van der Waals surface area contributed by atoms with Gasteiger partial charge in [0.2, 0.25) is 5.91 Å². The Balaban J connectivity index is 2.43. The van der Waals surface area contributed by atoms with E-state index in [4.69, 9.17) is 0 Å². The highest BCUT2D eigenvalue weighted by Gasteiger charge is 1.85. The van der Waals surface area contributed by atoms with Crippen LogP contribution in [0.4, 0.5) is 0 Å².